The highest BCUT2D eigenvalue weighted by Crippen LogP contribution is 2.22. The minimum absolute atomic E-state index is 0.190. The quantitative estimate of drug-likeness (QED) is 0.727. The predicted octanol–water partition coefficient (Wildman–Crippen LogP) is 1.15. The zero-order valence-electron chi connectivity index (χ0n) is 11.7. The molecule has 0 atom stereocenters. The molecule has 1 aliphatic rings. The van der Waals surface area contributed by atoms with Crippen LogP contribution in [0.15, 0.2) is 18.2 Å². The average Bonchev–Trinajstić information content (AvgIpc) is 2.44. The second-order valence-corrected chi connectivity index (χ2v) is 5.42. The number of carbonyl (C=O) groups is 1. The molecule has 1 heterocycles. The van der Waals surface area contributed by atoms with E-state index in [4.69, 9.17) is 5.11 Å². The van der Waals surface area contributed by atoms with Crippen molar-refractivity contribution in [2.75, 3.05) is 31.5 Å². The number of hydrogen-bond donors (Lipinski definition) is 3. The van der Waals surface area contributed by atoms with Gasteiger partial charge in [0.05, 0.1) is 5.54 Å². The first-order chi connectivity index (χ1) is 9.41. The summed E-state index contributed by atoms with van der Waals surface area (Å²) in [5, 5.41) is 15.1. The van der Waals surface area contributed by atoms with Gasteiger partial charge in [-0.1, -0.05) is 0 Å². The van der Waals surface area contributed by atoms with Crippen molar-refractivity contribution in [1.29, 1.82) is 0 Å². The number of hydrogen-bond acceptors (Lipinski definition) is 4. The maximum absolute atomic E-state index is 13.3. The second-order valence-electron chi connectivity index (χ2n) is 5.42. The van der Waals surface area contributed by atoms with Crippen LogP contribution in [-0.2, 0) is 4.79 Å². The van der Waals surface area contributed by atoms with Gasteiger partial charge in [0, 0.05) is 37.9 Å². The molecule has 1 saturated heterocycles. The monoisotopic (exact) mass is 281 g/mol. The molecule has 1 fully saturated rings. The Bertz CT molecular complexity index is 499. The summed E-state index contributed by atoms with van der Waals surface area (Å²) in [6.45, 7) is 7.00. The lowest BCUT2D eigenvalue weighted by molar-refractivity contribution is -0.126. The molecular weight excluding hydrogens is 261 g/mol. The van der Waals surface area contributed by atoms with Gasteiger partial charge in [0.25, 0.3) is 0 Å². The maximum Gasteiger partial charge on any atom is 0.244 e. The normalized spacial score (nSPS) is 16.9. The SMILES string of the molecule is CC(C)(C(=O)Nc1ccc(O)c(F)c1)N1CCNCC1. The van der Waals surface area contributed by atoms with Crippen LogP contribution in [0.25, 0.3) is 0 Å². The second kappa shape index (κ2) is 5.76. The fourth-order valence-corrected chi connectivity index (χ4v) is 2.24. The number of anilines is 1. The Hall–Kier alpha value is -1.66. The van der Waals surface area contributed by atoms with E-state index in [1.54, 1.807) is 0 Å². The zero-order valence-corrected chi connectivity index (χ0v) is 11.7. The molecule has 0 bridgehead atoms. The number of halogens is 1. The summed E-state index contributed by atoms with van der Waals surface area (Å²) in [4.78, 5) is 14.5. The van der Waals surface area contributed by atoms with Gasteiger partial charge in [0.15, 0.2) is 11.6 Å². The fraction of sp³-hybridized carbons (Fsp3) is 0.500. The first-order valence-electron chi connectivity index (χ1n) is 6.67. The Morgan fingerprint density at radius 1 is 1.40 bits per heavy atom. The van der Waals surface area contributed by atoms with Crippen LogP contribution < -0.4 is 10.6 Å². The zero-order chi connectivity index (χ0) is 14.8. The number of aromatic hydroxyl groups is 1. The van der Waals surface area contributed by atoms with Gasteiger partial charge >= 0.3 is 0 Å². The molecule has 1 amide bonds. The van der Waals surface area contributed by atoms with Gasteiger partial charge in [-0.05, 0) is 26.0 Å². The molecule has 5 nitrogen and oxygen atoms in total. The fourth-order valence-electron chi connectivity index (χ4n) is 2.24. The van der Waals surface area contributed by atoms with Gasteiger partial charge in [0.2, 0.25) is 5.91 Å². The number of phenolic OH excluding ortho intramolecular Hbond substituents is 1. The molecular formula is C14H20FN3O2. The third kappa shape index (κ3) is 3.08. The largest absolute Gasteiger partial charge is 0.505 e. The molecule has 1 aromatic carbocycles. The number of benzene rings is 1. The van der Waals surface area contributed by atoms with Crippen LogP contribution in [0.2, 0.25) is 0 Å². The van der Waals surface area contributed by atoms with E-state index in [1.807, 2.05) is 13.8 Å². The van der Waals surface area contributed by atoms with Gasteiger partial charge in [0.1, 0.15) is 0 Å². The highest BCUT2D eigenvalue weighted by molar-refractivity contribution is 5.97. The summed E-state index contributed by atoms with van der Waals surface area (Å²) in [6.07, 6.45) is 0. The predicted molar refractivity (Wildman–Crippen MR) is 75.2 cm³/mol. The van der Waals surface area contributed by atoms with Crippen molar-refractivity contribution in [2.24, 2.45) is 0 Å². The van der Waals surface area contributed by atoms with E-state index in [0.717, 1.165) is 32.2 Å². The van der Waals surface area contributed by atoms with E-state index >= 15 is 0 Å². The Labute approximate surface area is 117 Å². The number of nitrogens with zero attached hydrogens (tertiary/aromatic N) is 1. The van der Waals surface area contributed by atoms with Gasteiger partial charge in [-0.15, -0.1) is 0 Å². The Morgan fingerprint density at radius 2 is 2.05 bits per heavy atom. The van der Waals surface area contributed by atoms with Crippen LogP contribution in [-0.4, -0.2) is 47.6 Å². The van der Waals surface area contributed by atoms with E-state index in [0.29, 0.717) is 5.69 Å². The van der Waals surface area contributed by atoms with Crippen LogP contribution in [0.4, 0.5) is 10.1 Å². The lowest BCUT2D eigenvalue weighted by atomic mass is 10.0. The summed E-state index contributed by atoms with van der Waals surface area (Å²) < 4.78 is 13.3. The first kappa shape index (κ1) is 14.7. The number of phenols is 1. The lowest BCUT2D eigenvalue weighted by Crippen LogP contribution is -2.58. The minimum Gasteiger partial charge on any atom is -0.505 e. The van der Waals surface area contributed by atoms with Crippen molar-refractivity contribution in [2.45, 2.75) is 19.4 Å². The van der Waals surface area contributed by atoms with Gasteiger partial charge in [-0.3, -0.25) is 9.69 Å². The molecule has 110 valence electrons. The molecule has 20 heavy (non-hydrogen) atoms. The summed E-state index contributed by atoms with van der Waals surface area (Å²) in [7, 11) is 0. The number of carbonyl (C=O) groups excluding carboxylic acids is 1. The van der Waals surface area contributed by atoms with E-state index in [9.17, 15) is 9.18 Å². The molecule has 1 aliphatic heterocycles. The summed E-state index contributed by atoms with van der Waals surface area (Å²) in [5.74, 6) is -1.36. The van der Waals surface area contributed by atoms with Crippen molar-refractivity contribution in [3.05, 3.63) is 24.0 Å². The van der Waals surface area contributed by atoms with E-state index in [2.05, 4.69) is 15.5 Å². The maximum atomic E-state index is 13.3. The molecule has 0 radical (unpaired) electrons. The van der Waals surface area contributed by atoms with Gasteiger partial charge in [-0.25, -0.2) is 4.39 Å². The van der Waals surface area contributed by atoms with Crippen LogP contribution in [0.1, 0.15) is 13.8 Å². The van der Waals surface area contributed by atoms with Crippen LogP contribution >= 0.6 is 0 Å². The molecule has 0 aliphatic carbocycles. The van der Waals surface area contributed by atoms with Gasteiger partial charge in [-0.2, -0.15) is 0 Å². The molecule has 2 rings (SSSR count). The Balaban J connectivity index is 2.07. The first-order valence-corrected chi connectivity index (χ1v) is 6.67. The molecule has 0 spiro atoms. The molecule has 0 saturated carbocycles. The molecule has 0 unspecified atom stereocenters. The van der Waals surface area contributed by atoms with Crippen LogP contribution in [0, 0.1) is 5.82 Å². The van der Waals surface area contributed by atoms with Crippen LogP contribution in [0.3, 0.4) is 0 Å². The standard InChI is InChI=1S/C14H20FN3O2/c1-14(2,18-7-5-16-6-8-18)13(20)17-10-3-4-12(19)11(15)9-10/h3-4,9,16,19H,5-8H2,1-2H3,(H,17,20). The molecule has 6 heteroatoms. The van der Waals surface area contributed by atoms with Crippen molar-refractivity contribution in [3.8, 4) is 5.75 Å². The summed E-state index contributed by atoms with van der Waals surface area (Å²) in [5.41, 5.74) is -0.329. The average molecular weight is 281 g/mol. The Kier molecular flexibility index (Phi) is 4.25. The van der Waals surface area contributed by atoms with Crippen LogP contribution in [0.5, 0.6) is 5.75 Å². The number of nitrogens with one attached hydrogen (secondary N) is 2. The summed E-state index contributed by atoms with van der Waals surface area (Å²) in [6, 6.07) is 3.81. The van der Waals surface area contributed by atoms with Gasteiger partial charge < -0.3 is 15.7 Å². The third-order valence-electron chi connectivity index (χ3n) is 3.67. The van der Waals surface area contributed by atoms with Crippen molar-refractivity contribution < 1.29 is 14.3 Å². The van der Waals surface area contributed by atoms with Crippen molar-refractivity contribution in [3.63, 3.8) is 0 Å². The highest BCUT2D eigenvalue weighted by atomic mass is 19.1. The van der Waals surface area contributed by atoms with E-state index in [-0.39, 0.29) is 5.91 Å². The smallest absolute Gasteiger partial charge is 0.244 e. The Morgan fingerprint density at radius 3 is 2.65 bits per heavy atom. The molecule has 3 N–H and O–H groups in total. The third-order valence-corrected chi connectivity index (χ3v) is 3.67. The molecule has 1 aromatic rings. The van der Waals surface area contributed by atoms with E-state index < -0.39 is 17.1 Å². The summed E-state index contributed by atoms with van der Waals surface area (Å²) >= 11 is 0. The topological polar surface area (TPSA) is 64.6 Å². The minimum atomic E-state index is -0.747. The molecule has 0 aromatic heterocycles. The van der Waals surface area contributed by atoms with Crippen molar-refractivity contribution >= 4 is 11.6 Å². The highest BCUT2D eigenvalue weighted by Gasteiger charge is 2.35. The van der Waals surface area contributed by atoms with E-state index in [1.165, 1.54) is 12.1 Å². The lowest BCUT2D eigenvalue weighted by Gasteiger charge is -2.39. The number of amides is 1. The van der Waals surface area contributed by atoms with Crippen molar-refractivity contribution in [1.82, 2.24) is 10.2 Å². The number of rotatable bonds is 3. The number of piperazine rings is 1.